The number of benzene rings is 1. The third-order valence-corrected chi connectivity index (χ3v) is 3.31. The van der Waals surface area contributed by atoms with Gasteiger partial charge in [-0.3, -0.25) is 4.57 Å². The monoisotopic (exact) mass is 361 g/mol. The molecule has 0 saturated carbocycles. The number of hydrogen-bond acceptors (Lipinski definition) is 2. The average Bonchev–Trinajstić information content (AvgIpc) is 2.76. The summed E-state index contributed by atoms with van der Waals surface area (Å²) < 4.78 is 40.7. The Hall–Kier alpha value is -1.50. The summed E-state index contributed by atoms with van der Waals surface area (Å²) in [5.74, 6) is 0.542. The van der Waals surface area contributed by atoms with E-state index in [1.807, 2.05) is 6.92 Å². The lowest BCUT2D eigenvalue weighted by Gasteiger charge is -2.13. The number of rotatable bonds is 4. The molecule has 3 nitrogen and oxygen atoms in total. The van der Waals surface area contributed by atoms with Crippen LogP contribution >= 0.6 is 15.9 Å². The van der Waals surface area contributed by atoms with Crippen LogP contribution in [0.4, 0.5) is 19.1 Å². The Morgan fingerprint density at radius 3 is 2.62 bits per heavy atom. The summed E-state index contributed by atoms with van der Waals surface area (Å²) in [4.78, 5) is 4.30. The van der Waals surface area contributed by atoms with E-state index in [0.29, 0.717) is 22.7 Å². The Balaban J connectivity index is 2.49. The first-order valence-electron chi connectivity index (χ1n) is 6.49. The Labute approximate surface area is 129 Å². The van der Waals surface area contributed by atoms with Gasteiger partial charge in [0.05, 0.1) is 16.9 Å². The van der Waals surface area contributed by atoms with Crippen LogP contribution in [0.3, 0.4) is 0 Å². The van der Waals surface area contributed by atoms with Crippen molar-refractivity contribution in [1.29, 1.82) is 0 Å². The smallest absolute Gasteiger partial charge is 0.355 e. The average molecular weight is 362 g/mol. The molecule has 1 aromatic heterocycles. The van der Waals surface area contributed by atoms with Crippen LogP contribution < -0.4 is 5.32 Å². The van der Waals surface area contributed by atoms with E-state index in [-0.39, 0.29) is 0 Å². The maximum atomic E-state index is 12.9. The Morgan fingerprint density at radius 1 is 1.29 bits per heavy atom. The number of nitrogens with one attached hydrogen (secondary N) is 1. The lowest BCUT2D eigenvalue weighted by molar-refractivity contribution is -0.137. The van der Waals surface area contributed by atoms with Crippen LogP contribution in [0.1, 0.15) is 24.6 Å². The molecule has 2 rings (SSSR count). The normalized spacial score (nSPS) is 11.7. The maximum Gasteiger partial charge on any atom is 0.416 e. The third-order valence-electron chi connectivity index (χ3n) is 2.85. The van der Waals surface area contributed by atoms with E-state index in [0.717, 1.165) is 24.2 Å². The minimum atomic E-state index is -4.38. The fourth-order valence-electron chi connectivity index (χ4n) is 1.93. The summed E-state index contributed by atoms with van der Waals surface area (Å²) >= 11 is 3.13. The quantitative estimate of drug-likeness (QED) is 0.848. The van der Waals surface area contributed by atoms with E-state index in [9.17, 15) is 13.2 Å². The van der Waals surface area contributed by atoms with Gasteiger partial charge in [-0.2, -0.15) is 13.2 Å². The van der Waals surface area contributed by atoms with Crippen molar-refractivity contribution in [2.75, 3.05) is 11.9 Å². The molecular weight excluding hydrogens is 347 g/mol. The van der Waals surface area contributed by atoms with Gasteiger partial charge in [-0.15, -0.1) is 0 Å². The highest BCUT2D eigenvalue weighted by Crippen LogP contribution is 2.33. The van der Waals surface area contributed by atoms with E-state index in [1.165, 1.54) is 0 Å². The predicted molar refractivity (Wildman–Crippen MR) is 79.8 cm³/mol. The number of alkyl halides is 3. The molecule has 0 spiro atoms. The van der Waals surface area contributed by atoms with Gasteiger partial charge < -0.3 is 5.32 Å². The lowest BCUT2D eigenvalue weighted by Crippen LogP contribution is -2.09. The summed E-state index contributed by atoms with van der Waals surface area (Å²) in [6.45, 7) is 4.51. The molecule has 1 N–H and O–H groups in total. The van der Waals surface area contributed by atoms with E-state index < -0.39 is 11.7 Å². The molecule has 1 heterocycles. The second-order valence-corrected chi connectivity index (χ2v) is 5.61. The maximum absolute atomic E-state index is 12.9. The highest BCUT2D eigenvalue weighted by atomic mass is 79.9. The van der Waals surface area contributed by atoms with Crippen LogP contribution in [0.2, 0.25) is 0 Å². The van der Waals surface area contributed by atoms with E-state index in [4.69, 9.17) is 0 Å². The summed E-state index contributed by atoms with van der Waals surface area (Å²) in [7, 11) is 0. The van der Waals surface area contributed by atoms with Crippen molar-refractivity contribution in [2.24, 2.45) is 0 Å². The van der Waals surface area contributed by atoms with Gasteiger partial charge in [-0.1, -0.05) is 22.9 Å². The van der Waals surface area contributed by atoms with E-state index in [1.54, 1.807) is 23.8 Å². The third kappa shape index (κ3) is 3.78. The molecule has 0 aliphatic rings. The number of nitrogens with zero attached hydrogens (tertiary/aromatic N) is 2. The standard InChI is InChI=1S/C14H15BrF3N3/c1-3-4-19-13-20-9(2)8-21(13)12-6-10(14(16,17)18)5-11(15)7-12/h5-8H,3-4H2,1-2H3,(H,19,20). The molecule has 114 valence electrons. The lowest BCUT2D eigenvalue weighted by atomic mass is 10.2. The van der Waals surface area contributed by atoms with Crippen LogP contribution in [-0.2, 0) is 6.18 Å². The van der Waals surface area contributed by atoms with Gasteiger partial charge in [-0.05, 0) is 31.5 Å². The van der Waals surface area contributed by atoms with Gasteiger partial charge in [0.2, 0.25) is 5.95 Å². The zero-order valence-corrected chi connectivity index (χ0v) is 13.2. The van der Waals surface area contributed by atoms with E-state index in [2.05, 4.69) is 26.2 Å². The first kappa shape index (κ1) is 15.9. The van der Waals surface area contributed by atoms with Gasteiger partial charge in [-0.25, -0.2) is 4.98 Å². The molecular formula is C14H15BrF3N3. The van der Waals surface area contributed by atoms with Crippen molar-refractivity contribution in [1.82, 2.24) is 9.55 Å². The molecule has 0 unspecified atom stereocenters. The Kier molecular flexibility index (Phi) is 4.61. The van der Waals surface area contributed by atoms with Gasteiger partial charge >= 0.3 is 6.18 Å². The van der Waals surface area contributed by atoms with Crippen molar-refractivity contribution in [3.8, 4) is 5.69 Å². The zero-order valence-electron chi connectivity index (χ0n) is 11.6. The summed E-state index contributed by atoms with van der Waals surface area (Å²) in [5.41, 5.74) is 0.456. The first-order chi connectivity index (χ1) is 9.81. The summed E-state index contributed by atoms with van der Waals surface area (Å²) in [5, 5.41) is 3.12. The summed E-state index contributed by atoms with van der Waals surface area (Å²) in [6, 6.07) is 3.81. The molecule has 1 aromatic carbocycles. The number of aromatic nitrogens is 2. The van der Waals surface area contributed by atoms with Crippen molar-refractivity contribution in [3.05, 3.63) is 40.1 Å². The largest absolute Gasteiger partial charge is 0.416 e. The molecule has 0 aliphatic heterocycles. The van der Waals surface area contributed by atoms with Crippen molar-refractivity contribution in [3.63, 3.8) is 0 Å². The van der Waals surface area contributed by atoms with Gasteiger partial charge in [0, 0.05) is 17.2 Å². The topological polar surface area (TPSA) is 29.9 Å². The van der Waals surface area contributed by atoms with Crippen LogP contribution in [0, 0.1) is 6.92 Å². The van der Waals surface area contributed by atoms with Crippen LogP contribution in [0.25, 0.3) is 5.69 Å². The minimum absolute atomic E-state index is 0.375. The second kappa shape index (κ2) is 6.09. The zero-order chi connectivity index (χ0) is 15.6. The molecule has 0 atom stereocenters. The second-order valence-electron chi connectivity index (χ2n) is 4.70. The molecule has 2 aromatic rings. The van der Waals surface area contributed by atoms with Crippen molar-refractivity contribution >= 4 is 21.9 Å². The molecule has 0 bridgehead atoms. The van der Waals surface area contributed by atoms with Crippen LogP contribution in [0.5, 0.6) is 0 Å². The van der Waals surface area contributed by atoms with Gasteiger partial charge in [0.25, 0.3) is 0 Å². The molecule has 0 saturated heterocycles. The molecule has 0 fully saturated rings. The highest BCUT2D eigenvalue weighted by Gasteiger charge is 2.31. The minimum Gasteiger partial charge on any atom is -0.355 e. The Morgan fingerprint density at radius 2 is 2.00 bits per heavy atom. The number of aryl methyl sites for hydroxylation is 1. The highest BCUT2D eigenvalue weighted by molar-refractivity contribution is 9.10. The van der Waals surface area contributed by atoms with Crippen molar-refractivity contribution < 1.29 is 13.2 Å². The number of hydrogen-bond donors (Lipinski definition) is 1. The molecule has 0 radical (unpaired) electrons. The molecule has 0 aliphatic carbocycles. The van der Waals surface area contributed by atoms with Crippen LogP contribution in [-0.4, -0.2) is 16.1 Å². The predicted octanol–water partition coefficient (Wildman–Crippen LogP) is 4.78. The van der Waals surface area contributed by atoms with Gasteiger partial charge in [0.15, 0.2) is 0 Å². The first-order valence-corrected chi connectivity index (χ1v) is 7.28. The molecule has 21 heavy (non-hydrogen) atoms. The fourth-order valence-corrected chi connectivity index (χ4v) is 2.41. The molecule has 7 heteroatoms. The SMILES string of the molecule is CCCNc1nc(C)cn1-c1cc(Br)cc(C(F)(F)F)c1. The number of imidazole rings is 1. The van der Waals surface area contributed by atoms with E-state index >= 15 is 0 Å². The summed E-state index contributed by atoms with van der Waals surface area (Å²) in [6.07, 6.45) is -1.77. The fraction of sp³-hybridized carbons (Fsp3) is 0.357. The Bertz CT molecular complexity index is 635. The van der Waals surface area contributed by atoms with Gasteiger partial charge in [0.1, 0.15) is 0 Å². The van der Waals surface area contributed by atoms with Crippen LogP contribution in [0.15, 0.2) is 28.9 Å². The van der Waals surface area contributed by atoms with Crippen molar-refractivity contribution in [2.45, 2.75) is 26.4 Å². The number of halogens is 4. The molecule has 0 amide bonds. The number of anilines is 1.